The molecule has 0 aromatic heterocycles. The molecule has 0 radical (unpaired) electrons. The van der Waals surface area contributed by atoms with Crippen LogP contribution in [0.1, 0.15) is 12.0 Å². The molecular formula is C12H16FNO4S. The van der Waals surface area contributed by atoms with Gasteiger partial charge in [0.2, 0.25) is 10.0 Å². The molecule has 106 valence electrons. The maximum absolute atomic E-state index is 13.1. The third-order valence-electron chi connectivity index (χ3n) is 3.11. The molecule has 0 saturated carbocycles. The lowest BCUT2D eigenvalue weighted by Gasteiger charge is -2.20. The van der Waals surface area contributed by atoms with Gasteiger partial charge in [-0.2, -0.15) is 0 Å². The van der Waals surface area contributed by atoms with Gasteiger partial charge in [-0.15, -0.1) is 0 Å². The fourth-order valence-electron chi connectivity index (χ4n) is 1.83. The lowest BCUT2D eigenvalue weighted by Crippen LogP contribution is -2.43. The highest BCUT2D eigenvalue weighted by Gasteiger charge is 2.33. The average molecular weight is 289 g/mol. The first kappa shape index (κ1) is 14.4. The summed E-state index contributed by atoms with van der Waals surface area (Å²) in [7, 11) is -3.76. The van der Waals surface area contributed by atoms with E-state index in [-0.39, 0.29) is 23.6 Å². The molecule has 5 nitrogen and oxygen atoms in total. The third kappa shape index (κ3) is 3.30. The van der Waals surface area contributed by atoms with E-state index in [1.807, 2.05) is 0 Å². The van der Waals surface area contributed by atoms with E-state index >= 15 is 0 Å². The van der Waals surface area contributed by atoms with Gasteiger partial charge in [-0.25, -0.2) is 17.5 Å². The smallest absolute Gasteiger partial charge is 0.240 e. The molecule has 1 heterocycles. The molecule has 1 aliphatic rings. The van der Waals surface area contributed by atoms with Crippen LogP contribution in [0.15, 0.2) is 23.1 Å². The van der Waals surface area contributed by atoms with Gasteiger partial charge in [-0.05, 0) is 30.7 Å². The fraction of sp³-hybridized carbons (Fsp3) is 0.500. The van der Waals surface area contributed by atoms with E-state index in [0.717, 1.165) is 6.07 Å². The molecule has 0 spiro atoms. The minimum atomic E-state index is -3.76. The van der Waals surface area contributed by atoms with Gasteiger partial charge in [0.1, 0.15) is 11.4 Å². The molecule has 7 heteroatoms. The van der Waals surface area contributed by atoms with Crippen molar-refractivity contribution in [3.8, 4) is 0 Å². The van der Waals surface area contributed by atoms with Crippen LogP contribution in [0.2, 0.25) is 0 Å². The largest absolute Gasteiger partial charge is 0.386 e. The Morgan fingerprint density at radius 1 is 1.53 bits per heavy atom. The predicted octanol–water partition coefficient (Wildman–Crippen LogP) is 0.564. The normalized spacial score (nSPS) is 23.7. The van der Waals surface area contributed by atoms with E-state index in [0.29, 0.717) is 13.0 Å². The zero-order valence-electron chi connectivity index (χ0n) is 10.5. The highest BCUT2D eigenvalue weighted by Crippen LogP contribution is 2.19. The van der Waals surface area contributed by atoms with E-state index in [1.165, 1.54) is 19.1 Å². The van der Waals surface area contributed by atoms with Crippen LogP contribution in [0.4, 0.5) is 4.39 Å². The van der Waals surface area contributed by atoms with Crippen LogP contribution in [0, 0.1) is 12.7 Å². The van der Waals surface area contributed by atoms with Crippen LogP contribution >= 0.6 is 0 Å². The van der Waals surface area contributed by atoms with Crippen LogP contribution in [0.5, 0.6) is 0 Å². The molecular weight excluding hydrogens is 273 g/mol. The Morgan fingerprint density at radius 2 is 2.26 bits per heavy atom. The Balaban J connectivity index is 2.11. The summed E-state index contributed by atoms with van der Waals surface area (Å²) >= 11 is 0. The zero-order valence-corrected chi connectivity index (χ0v) is 11.3. The molecule has 2 rings (SSSR count). The fourth-order valence-corrected chi connectivity index (χ4v) is 3.04. The zero-order chi connectivity index (χ0) is 14.1. The van der Waals surface area contributed by atoms with Crippen molar-refractivity contribution in [1.82, 2.24) is 4.72 Å². The second kappa shape index (κ2) is 5.16. The highest BCUT2D eigenvalue weighted by atomic mass is 32.2. The van der Waals surface area contributed by atoms with E-state index in [1.54, 1.807) is 0 Å². The van der Waals surface area contributed by atoms with E-state index in [2.05, 4.69) is 4.72 Å². The summed E-state index contributed by atoms with van der Waals surface area (Å²) in [6.45, 7) is 1.89. The summed E-state index contributed by atoms with van der Waals surface area (Å²) in [6, 6.07) is 3.56. The van der Waals surface area contributed by atoms with E-state index in [4.69, 9.17) is 4.74 Å². The van der Waals surface area contributed by atoms with Crippen molar-refractivity contribution in [2.45, 2.75) is 23.8 Å². The summed E-state index contributed by atoms with van der Waals surface area (Å²) in [4.78, 5) is -0.0195. The summed E-state index contributed by atoms with van der Waals surface area (Å²) in [6.07, 6.45) is 0.387. The van der Waals surface area contributed by atoms with Crippen molar-refractivity contribution in [3.63, 3.8) is 0 Å². The molecule has 1 fully saturated rings. The molecule has 0 amide bonds. The van der Waals surface area contributed by atoms with Crippen molar-refractivity contribution in [2.75, 3.05) is 19.8 Å². The van der Waals surface area contributed by atoms with Crippen molar-refractivity contribution in [2.24, 2.45) is 0 Å². The Kier molecular flexibility index (Phi) is 3.91. The van der Waals surface area contributed by atoms with Crippen molar-refractivity contribution >= 4 is 10.0 Å². The number of nitrogens with one attached hydrogen (secondary N) is 1. The minimum Gasteiger partial charge on any atom is -0.386 e. The van der Waals surface area contributed by atoms with Gasteiger partial charge in [0.15, 0.2) is 0 Å². The highest BCUT2D eigenvalue weighted by molar-refractivity contribution is 7.89. The number of rotatable bonds is 4. The summed E-state index contributed by atoms with van der Waals surface area (Å²) in [5, 5.41) is 9.99. The van der Waals surface area contributed by atoms with Crippen LogP contribution in [0.25, 0.3) is 0 Å². The molecule has 1 aromatic rings. The Labute approximate surface area is 111 Å². The van der Waals surface area contributed by atoms with Gasteiger partial charge in [0, 0.05) is 19.6 Å². The number of sulfonamides is 1. The van der Waals surface area contributed by atoms with Crippen molar-refractivity contribution in [3.05, 3.63) is 29.6 Å². The maximum atomic E-state index is 13.1. The van der Waals surface area contributed by atoms with E-state index < -0.39 is 21.4 Å². The molecule has 0 bridgehead atoms. The van der Waals surface area contributed by atoms with Crippen molar-refractivity contribution in [1.29, 1.82) is 0 Å². The Hall–Kier alpha value is -1.02. The topological polar surface area (TPSA) is 75.6 Å². The first-order chi connectivity index (χ1) is 8.82. The number of aryl methyl sites for hydroxylation is 1. The predicted molar refractivity (Wildman–Crippen MR) is 66.7 cm³/mol. The lowest BCUT2D eigenvalue weighted by molar-refractivity contribution is 0.0314. The number of benzene rings is 1. The standard InChI is InChI=1S/C12H16FNO4S/c1-9-6-10(2-3-11(9)13)19(16,17)14-7-12(15)4-5-18-8-12/h2-3,6,14-15H,4-5,7-8H2,1H3/t12-/m1/s1. The molecule has 0 aliphatic carbocycles. The van der Waals surface area contributed by atoms with Crippen molar-refractivity contribution < 1.29 is 22.7 Å². The number of aliphatic hydroxyl groups is 1. The first-order valence-corrected chi connectivity index (χ1v) is 7.37. The number of hydrogen-bond acceptors (Lipinski definition) is 4. The van der Waals surface area contributed by atoms with Gasteiger partial charge in [0.25, 0.3) is 0 Å². The second-order valence-electron chi connectivity index (χ2n) is 4.76. The maximum Gasteiger partial charge on any atom is 0.240 e. The minimum absolute atomic E-state index is 0.0195. The molecule has 19 heavy (non-hydrogen) atoms. The molecule has 1 aromatic carbocycles. The SMILES string of the molecule is Cc1cc(S(=O)(=O)NC[C@]2(O)CCOC2)ccc1F. The molecule has 0 unspecified atom stereocenters. The van der Waals surface area contributed by atoms with Gasteiger partial charge in [0.05, 0.1) is 11.5 Å². The van der Waals surface area contributed by atoms with Crippen LogP contribution in [-0.4, -0.2) is 38.9 Å². The van der Waals surface area contributed by atoms with Gasteiger partial charge in [-0.3, -0.25) is 0 Å². The van der Waals surface area contributed by atoms with Crippen LogP contribution in [-0.2, 0) is 14.8 Å². The molecule has 2 N–H and O–H groups in total. The summed E-state index contributed by atoms with van der Waals surface area (Å²) < 4.78 is 44.5. The summed E-state index contributed by atoms with van der Waals surface area (Å²) in [5.41, 5.74) is -0.909. The molecule has 1 aliphatic heterocycles. The van der Waals surface area contributed by atoms with Crippen LogP contribution in [0.3, 0.4) is 0 Å². The second-order valence-corrected chi connectivity index (χ2v) is 6.53. The Bertz CT molecular complexity index is 567. The van der Waals surface area contributed by atoms with Crippen LogP contribution < -0.4 is 4.72 Å². The number of ether oxygens (including phenoxy) is 1. The number of hydrogen-bond donors (Lipinski definition) is 2. The molecule has 1 saturated heterocycles. The Morgan fingerprint density at radius 3 is 2.84 bits per heavy atom. The van der Waals surface area contributed by atoms with Gasteiger partial charge >= 0.3 is 0 Å². The number of halogens is 1. The first-order valence-electron chi connectivity index (χ1n) is 5.88. The third-order valence-corrected chi connectivity index (χ3v) is 4.51. The van der Waals surface area contributed by atoms with Gasteiger partial charge in [-0.1, -0.05) is 0 Å². The van der Waals surface area contributed by atoms with E-state index in [9.17, 15) is 17.9 Å². The summed E-state index contributed by atoms with van der Waals surface area (Å²) in [5.74, 6) is -0.457. The quantitative estimate of drug-likeness (QED) is 0.849. The molecule has 1 atom stereocenters. The average Bonchev–Trinajstić information content (AvgIpc) is 2.78. The lowest BCUT2D eigenvalue weighted by atomic mass is 10.1. The van der Waals surface area contributed by atoms with Gasteiger partial charge < -0.3 is 9.84 Å². The monoisotopic (exact) mass is 289 g/mol.